The second kappa shape index (κ2) is 5.41. The zero-order valence-electron chi connectivity index (χ0n) is 8.90. The van der Waals surface area contributed by atoms with Gasteiger partial charge in [0, 0.05) is 25.5 Å². The molecule has 0 amide bonds. The van der Waals surface area contributed by atoms with Crippen LogP contribution in [0.4, 0.5) is 0 Å². The Morgan fingerprint density at radius 2 is 2.27 bits per heavy atom. The second-order valence-electron chi connectivity index (χ2n) is 3.52. The number of nitrogens with one attached hydrogen (secondary N) is 1. The normalized spacial score (nSPS) is 12.4. The van der Waals surface area contributed by atoms with Crippen LogP contribution < -0.4 is 5.32 Å². The summed E-state index contributed by atoms with van der Waals surface area (Å²) in [5.41, 5.74) is 1.69. The van der Waals surface area contributed by atoms with Gasteiger partial charge in [-0.1, -0.05) is 6.92 Å². The molecule has 0 radical (unpaired) electrons. The number of carboxylic acids is 1. The molecular weight excluding hydrogens is 194 g/mol. The van der Waals surface area contributed by atoms with Gasteiger partial charge in [0.25, 0.3) is 0 Å². The summed E-state index contributed by atoms with van der Waals surface area (Å²) in [6, 6.07) is 0. The minimum absolute atomic E-state index is 0.386. The molecule has 1 aromatic heterocycles. The first kappa shape index (κ1) is 11.6. The molecule has 1 heterocycles. The van der Waals surface area contributed by atoms with Gasteiger partial charge in [-0.3, -0.25) is 14.8 Å². The molecule has 1 aromatic rings. The SMILES string of the molecule is Cc1cnc(CNCC(C)C(=O)O)cn1. The first-order valence-electron chi connectivity index (χ1n) is 4.80. The van der Waals surface area contributed by atoms with Crippen molar-refractivity contribution < 1.29 is 9.90 Å². The molecule has 0 bridgehead atoms. The largest absolute Gasteiger partial charge is 0.481 e. The number of carboxylic acid groups (broad SMARTS) is 1. The van der Waals surface area contributed by atoms with Gasteiger partial charge in [0.15, 0.2) is 0 Å². The minimum Gasteiger partial charge on any atom is -0.481 e. The van der Waals surface area contributed by atoms with E-state index < -0.39 is 5.97 Å². The third kappa shape index (κ3) is 4.03. The van der Waals surface area contributed by atoms with E-state index in [-0.39, 0.29) is 5.92 Å². The predicted octanol–water partition coefficient (Wildman–Crippen LogP) is 0.595. The van der Waals surface area contributed by atoms with Crippen LogP contribution in [-0.4, -0.2) is 27.6 Å². The van der Waals surface area contributed by atoms with Crippen molar-refractivity contribution in [3.05, 3.63) is 23.8 Å². The number of hydrogen-bond acceptors (Lipinski definition) is 4. The van der Waals surface area contributed by atoms with Gasteiger partial charge < -0.3 is 10.4 Å². The van der Waals surface area contributed by atoms with Crippen molar-refractivity contribution in [2.45, 2.75) is 20.4 Å². The monoisotopic (exact) mass is 209 g/mol. The van der Waals surface area contributed by atoms with Gasteiger partial charge in [-0.25, -0.2) is 0 Å². The Kier molecular flexibility index (Phi) is 4.17. The van der Waals surface area contributed by atoms with Gasteiger partial charge in [-0.05, 0) is 6.92 Å². The molecule has 0 aliphatic heterocycles. The number of aliphatic carboxylic acids is 1. The second-order valence-corrected chi connectivity index (χ2v) is 3.52. The van der Waals surface area contributed by atoms with Crippen molar-refractivity contribution >= 4 is 5.97 Å². The van der Waals surface area contributed by atoms with Gasteiger partial charge in [0.1, 0.15) is 0 Å². The molecule has 1 atom stereocenters. The maximum atomic E-state index is 10.5. The zero-order valence-corrected chi connectivity index (χ0v) is 8.90. The molecule has 15 heavy (non-hydrogen) atoms. The van der Waals surface area contributed by atoms with Crippen molar-refractivity contribution in [1.82, 2.24) is 15.3 Å². The average molecular weight is 209 g/mol. The Labute approximate surface area is 88.6 Å². The highest BCUT2D eigenvalue weighted by Crippen LogP contribution is 1.95. The molecular formula is C10H15N3O2. The van der Waals surface area contributed by atoms with Crippen LogP contribution in [0.25, 0.3) is 0 Å². The van der Waals surface area contributed by atoms with E-state index in [1.165, 1.54) is 0 Å². The van der Waals surface area contributed by atoms with Crippen LogP contribution in [0.5, 0.6) is 0 Å². The zero-order chi connectivity index (χ0) is 11.3. The quantitative estimate of drug-likeness (QED) is 0.742. The van der Waals surface area contributed by atoms with Crippen LogP contribution in [0.1, 0.15) is 18.3 Å². The average Bonchev–Trinajstić information content (AvgIpc) is 2.20. The summed E-state index contributed by atoms with van der Waals surface area (Å²) >= 11 is 0. The summed E-state index contributed by atoms with van der Waals surface area (Å²) in [6.45, 7) is 4.52. The first-order chi connectivity index (χ1) is 7.09. The van der Waals surface area contributed by atoms with Crippen molar-refractivity contribution in [2.75, 3.05) is 6.54 Å². The standard InChI is InChI=1S/C10H15N3O2/c1-7(10(14)15)3-11-5-9-6-12-8(2)4-13-9/h4,6-7,11H,3,5H2,1-2H3,(H,14,15). The molecule has 1 rings (SSSR count). The van der Waals surface area contributed by atoms with Crippen LogP contribution in [-0.2, 0) is 11.3 Å². The fourth-order valence-electron chi connectivity index (χ4n) is 1.01. The van der Waals surface area contributed by atoms with E-state index in [2.05, 4.69) is 15.3 Å². The van der Waals surface area contributed by atoms with Crippen molar-refractivity contribution in [1.29, 1.82) is 0 Å². The van der Waals surface area contributed by atoms with Crippen LogP contribution in [0, 0.1) is 12.8 Å². The maximum Gasteiger partial charge on any atom is 0.307 e. The molecule has 5 nitrogen and oxygen atoms in total. The van der Waals surface area contributed by atoms with Gasteiger partial charge >= 0.3 is 5.97 Å². The summed E-state index contributed by atoms with van der Waals surface area (Å²) in [7, 11) is 0. The van der Waals surface area contributed by atoms with E-state index in [9.17, 15) is 4.79 Å². The number of rotatable bonds is 5. The van der Waals surface area contributed by atoms with E-state index in [0.29, 0.717) is 13.1 Å². The maximum absolute atomic E-state index is 10.5. The smallest absolute Gasteiger partial charge is 0.307 e. The lowest BCUT2D eigenvalue weighted by molar-refractivity contribution is -0.140. The molecule has 1 unspecified atom stereocenters. The van der Waals surface area contributed by atoms with Crippen LogP contribution in [0.2, 0.25) is 0 Å². The Morgan fingerprint density at radius 1 is 1.53 bits per heavy atom. The number of carbonyl (C=O) groups is 1. The lowest BCUT2D eigenvalue weighted by atomic mass is 10.2. The Morgan fingerprint density at radius 3 is 2.80 bits per heavy atom. The lowest BCUT2D eigenvalue weighted by Gasteiger charge is -2.07. The highest BCUT2D eigenvalue weighted by Gasteiger charge is 2.09. The molecule has 0 saturated carbocycles. The van der Waals surface area contributed by atoms with Crippen LogP contribution in [0.3, 0.4) is 0 Å². The molecule has 82 valence electrons. The van der Waals surface area contributed by atoms with Crippen molar-refractivity contribution in [3.8, 4) is 0 Å². The van der Waals surface area contributed by atoms with E-state index in [0.717, 1.165) is 11.4 Å². The van der Waals surface area contributed by atoms with E-state index in [1.807, 2.05) is 6.92 Å². The number of nitrogens with zero attached hydrogens (tertiary/aromatic N) is 2. The summed E-state index contributed by atoms with van der Waals surface area (Å²) in [5.74, 6) is -1.18. The van der Waals surface area contributed by atoms with Gasteiger partial charge in [0.05, 0.1) is 17.3 Å². The third-order valence-corrected chi connectivity index (χ3v) is 2.01. The predicted molar refractivity (Wildman–Crippen MR) is 55.3 cm³/mol. The summed E-state index contributed by atoms with van der Waals surface area (Å²) < 4.78 is 0. The highest BCUT2D eigenvalue weighted by atomic mass is 16.4. The Bertz CT molecular complexity index is 324. The Balaban J connectivity index is 2.32. The number of aromatic nitrogens is 2. The number of aryl methyl sites for hydroxylation is 1. The fraction of sp³-hybridized carbons (Fsp3) is 0.500. The van der Waals surface area contributed by atoms with Gasteiger partial charge in [-0.15, -0.1) is 0 Å². The molecule has 0 spiro atoms. The summed E-state index contributed by atoms with van der Waals surface area (Å²) in [6.07, 6.45) is 3.38. The molecule has 0 aromatic carbocycles. The van der Waals surface area contributed by atoms with Crippen molar-refractivity contribution in [2.24, 2.45) is 5.92 Å². The summed E-state index contributed by atoms with van der Waals surface area (Å²) in [4.78, 5) is 18.8. The van der Waals surface area contributed by atoms with E-state index in [4.69, 9.17) is 5.11 Å². The Hall–Kier alpha value is -1.49. The highest BCUT2D eigenvalue weighted by molar-refractivity contribution is 5.69. The third-order valence-electron chi connectivity index (χ3n) is 2.01. The summed E-state index contributed by atoms with van der Waals surface area (Å²) in [5, 5.41) is 11.7. The van der Waals surface area contributed by atoms with Crippen molar-refractivity contribution in [3.63, 3.8) is 0 Å². The van der Waals surface area contributed by atoms with Crippen LogP contribution in [0.15, 0.2) is 12.4 Å². The van der Waals surface area contributed by atoms with Gasteiger partial charge in [-0.2, -0.15) is 0 Å². The molecule has 2 N–H and O–H groups in total. The first-order valence-corrected chi connectivity index (χ1v) is 4.80. The van der Waals surface area contributed by atoms with E-state index in [1.54, 1.807) is 19.3 Å². The van der Waals surface area contributed by atoms with Crippen LogP contribution >= 0.6 is 0 Å². The molecule has 0 aliphatic carbocycles. The fourth-order valence-corrected chi connectivity index (χ4v) is 1.01. The molecule has 5 heteroatoms. The number of hydrogen-bond donors (Lipinski definition) is 2. The lowest BCUT2D eigenvalue weighted by Crippen LogP contribution is -2.26. The topological polar surface area (TPSA) is 75.1 Å². The van der Waals surface area contributed by atoms with E-state index >= 15 is 0 Å². The minimum atomic E-state index is -0.794. The van der Waals surface area contributed by atoms with Gasteiger partial charge in [0.2, 0.25) is 0 Å². The molecule has 0 aliphatic rings. The molecule has 0 saturated heterocycles. The molecule has 0 fully saturated rings.